The van der Waals surface area contributed by atoms with Gasteiger partial charge in [-0.2, -0.15) is 5.26 Å². The Morgan fingerprint density at radius 1 is 1.36 bits per heavy atom. The first-order valence-electron chi connectivity index (χ1n) is 7.72. The zero-order chi connectivity index (χ0) is 17.6. The van der Waals surface area contributed by atoms with E-state index in [1.807, 2.05) is 11.4 Å². The molecule has 0 saturated carbocycles. The molecule has 1 aromatic heterocycles. The molecule has 2 amide bonds. The fourth-order valence-electron chi connectivity index (χ4n) is 2.51. The SMILES string of the molecule is N#Cc1ccc(C(=O)N2CSCC2C(=O)NCCc2cscn2)cc1. The second-order valence-corrected chi connectivity index (χ2v) is 7.22. The van der Waals surface area contributed by atoms with Crippen LogP contribution in [0.3, 0.4) is 0 Å². The highest BCUT2D eigenvalue weighted by atomic mass is 32.2. The van der Waals surface area contributed by atoms with Gasteiger partial charge >= 0.3 is 0 Å². The molecular weight excluding hydrogens is 356 g/mol. The van der Waals surface area contributed by atoms with Crippen LogP contribution in [0.2, 0.25) is 0 Å². The second-order valence-electron chi connectivity index (χ2n) is 5.50. The number of nitrogens with zero attached hydrogens (tertiary/aromatic N) is 3. The van der Waals surface area contributed by atoms with E-state index >= 15 is 0 Å². The largest absolute Gasteiger partial charge is 0.354 e. The zero-order valence-electron chi connectivity index (χ0n) is 13.3. The number of aromatic nitrogens is 1. The van der Waals surface area contributed by atoms with Crippen molar-refractivity contribution < 1.29 is 9.59 Å². The van der Waals surface area contributed by atoms with Gasteiger partial charge in [-0.3, -0.25) is 9.59 Å². The van der Waals surface area contributed by atoms with E-state index in [9.17, 15) is 9.59 Å². The van der Waals surface area contributed by atoms with Crippen molar-refractivity contribution in [2.24, 2.45) is 0 Å². The summed E-state index contributed by atoms with van der Waals surface area (Å²) in [4.78, 5) is 30.9. The van der Waals surface area contributed by atoms with Crippen LogP contribution in [0, 0.1) is 11.3 Å². The molecule has 0 bridgehead atoms. The summed E-state index contributed by atoms with van der Waals surface area (Å²) in [7, 11) is 0. The Bertz CT molecular complexity index is 784. The molecule has 0 spiro atoms. The number of hydrogen-bond acceptors (Lipinski definition) is 6. The van der Waals surface area contributed by atoms with Gasteiger partial charge in [0, 0.05) is 29.7 Å². The van der Waals surface area contributed by atoms with Crippen LogP contribution in [0.4, 0.5) is 0 Å². The summed E-state index contributed by atoms with van der Waals surface area (Å²) in [6.07, 6.45) is 0.679. The number of hydrogen-bond donors (Lipinski definition) is 1. The maximum atomic E-state index is 12.7. The van der Waals surface area contributed by atoms with Gasteiger partial charge < -0.3 is 10.2 Å². The fourth-order valence-corrected chi connectivity index (χ4v) is 4.25. The van der Waals surface area contributed by atoms with E-state index < -0.39 is 6.04 Å². The van der Waals surface area contributed by atoms with E-state index in [1.165, 1.54) is 11.3 Å². The van der Waals surface area contributed by atoms with Crippen molar-refractivity contribution in [1.82, 2.24) is 15.2 Å². The van der Waals surface area contributed by atoms with Crippen molar-refractivity contribution in [2.45, 2.75) is 12.5 Å². The Balaban J connectivity index is 1.59. The minimum absolute atomic E-state index is 0.137. The second kappa shape index (κ2) is 8.14. The molecule has 1 unspecified atom stereocenters. The highest BCUT2D eigenvalue weighted by Crippen LogP contribution is 2.23. The molecule has 128 valence electrons. The van der Waals surface area contributed by atoms with E-state index in [4.69, 9.17) is 5.26 Å². The van der Waals surface area contributed by atoms with Crippen LogP contribution >= 0.6 is 23.1 Å². The minimum Gasteiger partial charge on any atom is -0.354 e. The molecule has 2 aromatic rings. The number of nitrogens with one attached hydrogen (secondary N) is 1. The molecule has 1 aliphatic rings. The van der Waals surface area contributed by atoms with Crippen molar-refractivity contribution in [3.8, 4) is 6.07 Å². The maximum absolute atomic E-state index is 12.7. The number of benzene rings is 1. The third-order valence-electron chi connectivity index (χ3n) is 3.87. The lowest BCUT2D eigenvalue weighted by Gasteiger charge is -2.23. The molecule has 0 radical (unpaired) electrons. The normalized spacial score (nSPS) is 16.4. The van der Waals surface area contributed by atoms with Gasteiger partial charge in [-0.25, -0.2) is 4.98 Å². The average molecular weight is 372 g/mol. The standard InChI is InChI=1S/C17H16N4O2S2/c18-7-12-1-3-13(4-2-12)17(23)21-11-25-9-15(21)16(22)19-6-5-14-8-24-10-20-14/h1-4,8,10,15H,5-6,9,11H2,(H,19,22). The van der Waals surface area contributed by atoms with Gasteiger partial charge in [0.05, 0.1) is 28.7 Å². The number of nitriles is 1. The van der Waals surface area contributed by atoms with Gasteiger partial charge in [-0.1, -0.05) is 0 Å². The van der Waals surface area contributed by atoms with Gasteiger partial charge in [-0.15, -0.1) is 23.1 Å². The predicted molar refractivity (Wildman–Crippen MR) is 97.3 cm³/mol. The lowest BCUT2D eigenvalue weighted by Crippen LogP contribution is -2.47. The topological polar surface area (TPSA) is 86.1 Å². The van der Waals surface area contributed by atoms with Crippen LogP contribution in [-0.4, -0.2) is 45.9 Å². The molecule has 1 atom stereocenters. The molecule has 8 heteroatoms. The Morgan fingerprint density at radius 2 is 2.16 bits per heavy atom. The molecule has 1 fully saturated rings. The number of rotatable bonds is 5. The van der Waals surface area contributed by atoms with Gasteiger partial charge in [-0.05, 0) is 24.3 Å². The quantitative estimate of drug-likeness (QED) is 0.866. The lowest BCUT2D eigenvalue weighted by molar-refractivity contribution is -0.124. The van der Waals surface area contributed by atoms with E-state index in [-0.39, 0.29) is 11.8 Å². The number of thioether (sulfide) groups is 1. The summed E-state index contributed by atoms with van der Waals surface area (Å²) in [5.41, 5.74) is 3.71. The first-order chi connectivity index (χ1) is 12.2. The van der Waals surface area contributed by atoms with Crippen LogP contribution in [0.1, 0.15) is 21.6 Å². The summed E-state index contributed by atoms with van der Waals surface area (Å²) < 4.78 is 0. The number of carbonyl (C=O) groups excluding carboxylic acids is 2. The summed E-state index contributed by atoms with van der Waals surface area (Å²) in [5, 5.41) is 13.7. The van der Waals surface area contributed by atoms with Crippen LogP contribution in [0.5, 0.6) is 0 Å². The van der Waals surface area contributed by atoms with Crippen molar-refractivity contribution in [2.75, 3.05) is 18.2 Å². The van der Waals surface area contributed by atoms with E-state index in [1.54, 1.807) is 46.4 Å². The third kappa shape index (κ3) is 4.18. The monoisotopic (exact) mass is 372 g/mol. The van der Waals surface area contributed by atoms with Crippen LogP contribution in [0.15, 0.2) is 35.2 Å². The van der Waals surface area contributed by atoms with E-state index in [0.717, 1.165) is 5.69 Å². The van der Waals surface area contributed by atoms with Crippen molar-refractivity contribution >= 4 is 34.9 Å². The van der Waals surface area contributed by atoms with Crippen LogP contribution < -0.4 is 5.32 Å². The summed E-state index contributed by atoms with van der Waals surface area (Å²) in [6, 6.07) is 8.03. The Labute approximate surface area is 153 Å². The fraction of sp³-hybridized carbons (Fsp3) is 0.294. The Morgan fingerprint density at radius 3 is 2.84 bits per heavy atom. The van der Waals surface area contributed by atoms with Crippen molar-refractivity contribution in [1.29, 1.82) is 5.26 Å². The number of amides is 2. The van der Waals surface area contributed by atoms with Crippen LogP contribution in [-0.2, 0) is 11.2 Å². The smallest absolute Gasteiger partial charge is 0.255 e. The highest BCUT2D eigenvalue weighted by molar-refractivity contribution is 7.99. The van der Waals surface area contributed by atoms with Crippen molar-refractivity contribution in [3.05, 3.63) is 52.0 Å². The zero-order valence-corrected chi connectivity index (χ0v) is 15.0. The molecule has 6 nitrogen and oxygen atoms in total. The number of thiazole rings is 1. The number of carbonyl (C=O) groups is 2. The van der Waals surface area contributed by atoms with Gasteiger partial charge in [0.15, 0.2) is 0 Å². The Kier molecular flexibility index (Phi) is 5.68. The predicted octanol–water partition coefficient (Wildman–Crippen LogP) is 1.89. The molecule has 0 aliphatic carbocycles. The summed E-state index contributed by atoms with van der Waals surface area (Å²) in [5.74, 6) is 0.754. The first kappa shape index (κ1) is 17.5. The van der Waals surface area contributed by atoms with Crippen molar-refractivity contribution in [3.63, 3.8) is 0 Å². The maximum Gasteiger partial charge on any atom is 0.255 e. The third-order valence-corrected chi connectivity index (χ3v) is 5.52. The first-order valence-corrected chi connectivity index (χ1v) is 9.82. The summed E-state index contributed by atoms with van der Waals surface area (Å²) in [6.45, 7) is 0.503. The van der Waals surface area contributed by atoms with E-state index in [0.29, 0.717) is 35.7 Å². The van der Waals surface area contributed by atoms with Gasteiger partial charge in [0.1, 0.15) is 6.04 Å². The molecule has 2 heterocycles. The molecule has 1 aromatic carbocycles. The molecule has 1 N–H and O–H groups in total. The molecule has 25 heavy (non-hydrogen) atoms. The Hall–Kier alpha value is -2.37. The average Bonchev–Trinajstić information content (AvgIpc) is 3.33. The van der Waals surface area contributed by atoms with E-state index in [2.05, 4.69) is 10.3 Å². The van der Waals surface area contributed by atoms with Gasteiger partial charge in [0.2, 0.25) is 5.91 Å². The summed E-state index contributed by atoms with van der Waals surface area (Å²) >= 11 is 3.09. The highest BCUT2D eigenvalue weighted by Gasteiger charge is 2.34. The molecule has 3 rings (SSSR count). The molecule has 1 saturated heterocycles. The minimum atomic E-state index is -0.469. The molecular formula is C17H16N4O2S2. The lowest BCUT2D eigenvalue weighted by atomic mass is 10.1. The molecule has 1 aliphatic heterocycles. The van der Waals surface area contributed by atoms with Crippen LogP contribution in [0.25, 0.3) is 0 Å². The van der Waals surface area contributed by atoms with Gasteiger partial charge in [0.25, 0.3) is 5.91 Å².